The van der Waals surface area contributed by atoms with Gasteiger partial charge in [-0.05, 0) is 0 Å². The van der Waals surface area contributed by atoms with Gasteiger partial charge < -0.3 is 180 Å². The van der Waals surface area contributed by atoms with Crippen LogP contribution in [0.2, 0.25) is 0 Å². The van der Waals surface area contributed by atoms with E-state index < -0.39 is 285 Å². The molecule has 7 fully saturated rings. The monoisotopic (exact) mass is 1320 g/mol. The van der Waals surface area contributed by atoms with Gasteiger partial charge in [-0.25, -0.2) is 0 Å². The summed E-state index contributed by atoms with van der Waals surface area (Å²) in [6, 6.07) is -7.03. The molecule has 7 saturated heterocycles. The van der Waals surface area contributed by atoms with Crippen LogP contribution in [0.5, 0.6) is 0 Å². The third kappa shape index (κ3) is 16.4. The van der Waals surface area contributed by atoms with Gasteiger partial charge in [-0.2, -0.15) is 0 Å². The van der Waals surface area contributed by atoms with Crippen LogP contribution in [0.3, 0.4) is 0 Å². The second kappa shape index (κ2) is 32.4. The second-order valence-corrected chi connectivity index (χ2v) is 22.5. The number of nitrogens with one attached hydrogen (secondary N) is 4. The molecule has 0 saturated carbocycles. The van der Waals surface area contributed by atoms with Gasteiger partial charge in [0.2, 0.25) is 23.6 Å². The number of hydrogen-bond acceptors (Lipinski definition) is 36. The first-order valence-electron chi connectivity index (χ1n) is 28.6. The number of carbonyl (C=O) groups excluding carboxylic acids is 4. The number of aliphatic hydroxyl groups excluding tert-OH is 19. The summed E-state index contributed by atoms with van der Waals surface area (Å²) in [6.07, 6.45) is -60.1. The predicted octanol–water partition coefficient (Wildman–Crippen LogP) is -15.7. The molecule has 0 aliphatic carbocycles. The Kier molecular flexibility index (Phi) is 26.6. The molecule has 0 bridgehead atoms. The number of carbonyl (C=O) groups is 4. The van der Waals surface area contributed by atoms with Crippen LogP contribution in [0.25, 0.3) is 0 Å². The van der Waals surface area contributed by atoms with Crippen molar-refractivity contribution in [1.82, 2.24) is 21.3 Å². The molecule has 0 spiro atoms. The van der Waals surface area contributed by atoms with Crippen LogP contribution in [0.4, 0.5) is 0 Å². The highest BCUT2D eigenvalue weighted by Gasteiger charge is 2.59. The van der Waals surface area contributed by atoms with Crippen LogP contribution in [-0.4, -0.2) is 382 Å². The summed E-state index contributed by atoms with van der Waals surface area (Å²) in [6.45, 7) is -2.98. The third-order valence-electron chi connectivity index (χ3n) is 16.1. The maximum absolute atomic E-state index is 12.8. The highest BCUT2D eigenvalue weighted by molar-refractivity contribution is 5.74. The fourth-order valence-corrected chi connectivity index (χ4v) is 11.5. The van der Waals surface area contributed by atoms with Crippen molar-refractivity contribution in [2.24, 2.45) is 0 Å². The molecular formula is C50H84N4O36. The van der Waals surface area contributed by atoms with E-state index in [2.05, 4.69) is 21.3 Å². The van der Waals surface area contributed by atoms with Gasteiger partial charge in [0.25, 0.3) is 0 Å². The Labute approximate surface area is 510 Å². The van der Waals surface area contributed by atoms with Gasteiger partial charge in [-0.3, -0.25) is 19.2 Å². The average molecular weight is 1320 g/mol. The number of rotatable bonds is 23. The van der Waals surface area contributed by atoms with E-state index in [0.29, 0.717) is 0 Å². The Morgan fingerprint density at radius 1 is 0.289 bits per heavy atom. The SMILES string of the molecule is CC(=O)N[C@@H]1[C@@H](O)[C@H](O[C@@H]2O[C@H](CO)[C@@H](O[C@@H]3O[C@H](CO[C@@H]4O[C@H](CO)[C@@H](O[C@@H]5O[C@H](CO)[C@H](O)[C@H](O)[C@H]5O)[C@H](O)[C@H]4NC(C)=O)[C@@H](O)[C@H](O[C@@H]4O[C@H](CO)[C@@H](O[C@@H]5O[C@H](CO)[C@H](O)[C@H](O)[C@H]5O)[C@H](O)[C@H]4NC(C)=O)[C@@H]3O)[C@H](O)[C@H]2NC(C)=O)[C@@H](CO)O[C@H]1O. The molecule has 7 aliphatic heterocycles. The highest BCUT2D eigenvalue weighted by atomic mass is 16.8. The number of ether oxygens (including phenoxy) is 13. The smallest absolute Gasteiger partial charge is 0.217 e. The molecule has 40 nitrogen and oxygen atoms in total. The maximum Gasteiger partial charge on any atom is 0.217 e. The summed E-state index contributed by atoms with van der Waals surface area (Å²) in [5.41, 5.74) is 0. The van der Waals surface area contributed by atoms with Crippen LogP contribution < -0.4 is 21.3 Å². The zero-order valence-electron chi connectivity index (χ0n) is 48.6. The molecule has 520 valence electrons. The zero-order valence-corrected chi connectivity index (χ0v) is 48.6. The summed E-state index contributed by atoms with van der Waals surface area (Å²) in [7, 11) is 0. The highest BCUT2D eigenvalue weighted by Crippen LogP contribution is 2.38. The van der Waals surface area contributed by atoms with Crippen molar-refractivity contribution < 1.29 is 178 Å². The third-order valence-corrected chi connectivity index (χ3v) is 16.1. The first kappa shape index (κ1) is 74.0. The summed E-state index contributed by atoms with van der Waals surface area (Å²) < 4.78 is 76.0. The van der Waals surface area contributed by atoms with Gasteiger partial charge in [-0.1, -0.05) is 0 Å². The summed E-state index contributed by atoms with van der Waals surface area (Å²) in [5, 5.41) is 216. The van der Waals surface area contributed by atoms with Crippen molar-refractivity contribution in [1.29, 1.82) is 0 Å². The Hall–Kier alpha value is -3.40. The van der Waals surface area contributed by atoms with Crippen LogP contribution >= 0.6 is 0 Å². The lowest BCUT2D eigenvalue weighted by Crippen LogP contribution is -2.71. The number of aliphatic hydroxyl groups is 19. The minimum atomic E-state index is -2.39. The van der Waals surface area contributed by atoms with Gasteiger partial charge in [0.05, 0.1) is 46.2 Å². The van der Waals surface area contributed by atoms with E-state index >= 15 is 0 Å². The molecule has 40 heteroatoms. The molecule has 90 heavy (non-hydrogen) atoms. The van der Waals surface area contributed by atoms with E-state index in [4.69, 9.17) is 61.6 Å². The Bertz CT molecular complexity index is 2310. The van der Waals surface area contributed by atoms with Gasteiger partial charge >= 0.3 is 0 Å². The first-order valence-corrected chi connectivity index (χ1v) is 28.6. The number of hydrogen-bond donors (Lipinski definition) is 23. The molecule has 0 radical (unpaired) electrons. The van der Waals surface area contributed by atoms with Crippen molar-refractivity contribution >= 4 is 23.6 Å². The van der Waals surface area contributed by atoms with Crippen molar-refractivity contribution in [3.63, 3.8) is 0 Å². The topological polar surface area (TPSA) is 621 Å². The fourth-order valence-electron chi connectivity index (χ4n) is 11.5. The lowest BCUT2D eigenvalue weighted by Gasteiger charge is -2.51. The predicted molar refractivity (Wildman–Crippen MR) is 278 cm³/mol. The van der Waals surface area contributed by atoms with Crippen molar-refractivity contribution in [2.45, 2.75) is 242 Å². The van der Waals surface area contributed by atoms with Gasteiger partial charge in [0.15, 0.2) is 44.0 Å². The molecule has 7 rings (SSSR count). The molecule has 23 N–H and O–H groups in total. The maximum atomic E-state index is 12.8. The quantitative estimate of drug-likeness (QED) is 0.0452. The molecular weight excluding hydrogens is 1230 g/mol. The molecule has 0 unspecified atom stereocenters. The van der Waals surface area contributed by atoms with E-state index in [1.165, 1.54) is 0 Å². The molecule has 0 aromatic rings. The van der Waals surface area contributed by atoms with Crippen molar-refractivity contribution in [2.75, 3.05) is 46.2 Å². The lowest BCUT2D eigenvalue weighted by atomic mass is 9.93. The lowest BCUT2D eigenvalue weighted by molar-refractivity contribution is -0.384. The molecule has 4 amide bonds. The first-order chi connectivity index (χ1) is 42.5. The van der Waals surface area contributed by atoms with Gasteiger partial charge in [-0.15, -0.1) is 0 Å². The van der Waals surface area contributed by atoms with Crippen LogP contribution in [0.15, 0.2) is 0 Å². The largest absolute Gasteiger partial charge is 0.394 e. The van der Waals surface area contributed by atoms with Crippen molar-refractivity contribution in [3.8, 4) is 0 Å². The molecule has 7 aliphatic rings. The Balaban J connectivity index is 1.20. The second-order valence-electron chi connectivity index (χ2n) is 22.5. The van der Waals surface area contributed by atoms with Crippen LogP contribution in [0, 0.1) is 0 Å². The minimum Gasteiger partial charge on any atom is -0.394 e. The summed E-state index contributed by atoms with van der Waals surface area (Å²) in [5.74, 6) is -3.38. The molecule has 35 atom stereocenters. The molecule has 0 aromatic heterocycles. The standard InChI is InChI=1S/C50H84N4O36/c1-12(61)51-23-30(68)39(18(7-57)79-44(23)77)86-46-25(53-14(3)63)32(70)42(21(10-60)83-46)89-50-38(76)43(90-47-26(54-15(4)64)33(71)41(20(9-59)84-47)88-49-37(75)35(73)28(66)17(6-56)81-49)29(67)22(85-50)11-78-45-24(52-13(2)62)31(69)40(19(8-58)82-45)87-48-36(74)34(72)27(65)16(5-55)80-48/h16-50,55-60,65-77H,5-11H2,1-4H3,(H,51,61)(H,52,62)(H,53,63)(H,54,64)/t16-,17-,18-,19-,20-,21-,22-,23-,24-,25-,26-,27+,28+,29-,30-,31-,32-,33-,34+,35+,36-,37-,38+,39-,40-,41-,42-,43+,44-,45-,46+,47+,48+,49+,50+/m1/s1. The minimum absolute atomic E-state index is 0.745. The normalized spacial score (nSPS) is 47.6. The average Bonchev–Trinajstić information content (AvgIpc) is 0.812. The molecule has 0 aromatic carbocycles. The Morgan fingerprint density at radius 3 is 0.933 bits per heavy atom. The van der Waals surface area contributed by atoms with Crippen LogP contribution in [-0.2, 0) is 80.8 Å². The van der Waals surface area contributed by atoms with E-state index in [9.17, 15) is 116 Å². The van der Waals surface area contributed by atoms with E-state index in [0.717, 1.165) is 27.7 Å². The van der Waals surface area contributed by atoms with Crippen molar-refractivity contribution in [3.05, 3.63) is 0 Å². The summed E-state index contributed by atoms with van der Waals surface area (Å²) in [4.78, 5) is 50.3. The zero-order chi connectivity index (χ0) is 66.5. The van der Waals surface area contributed by atoms with E-state index in [-0.39, 0.29) is 0 Å². The van der Waals surface area contributed by atoms with E-state index in [1.54, 1.807) is 0 Å². The Morgan fingerprint density at radius 2 is 0.567 bits per heavy atom. The number of amides is 4. The van der Waals surface area contributed by atoms with Gasteiger partial charge in [0.1, 0.15) is 171 Å². The van der Waals surface area contributed by atoms with Crippen LogP contribution in [0.1, 0.15) is 27.7 Å². The molecule has 7 heterocycles. The summed E-state index contributed by atoms with van der Waals surface area (Å²) >= 11 is 0. The van der Waals surface area contributed by atoms with Gasteiger partial charge in [0, 0.05) is 27.7 Å². The van der Waals surface area contributed by atoms with E-state index in [1.807, 2.05) is 0 Å². The fraction of sp³-hybridized carbons (Fsp3) is 0.920.